The van der Waals surface area contributed by atoms with Crippen molar-refractivity contribution >= 4 is 11.6 Å². The van der Waals surface area contributed by atoms with Gasteiger partial charge in [0.05, 0.1) is 0 Å². The molecule has 0 atom stereocenters. The summed E-state index contributed by atoms with van der Waals surface area (Å²) in [4.78, 5) is 25.7. The van der Waals surface area contributed by atoms with Crippen LogP contribution in [0.1, 0.15) is 207 Å². The van der Waals surface area contributed by atoms with Gasteiger partial charge in [0.1, 0.15) is 5.54 Å². The van der Waals surface area contributed by atoms with E-state index in [1.807, 2.05) is 6.92 Å². The molecule has 3 nitrogen and oxygen atoms in total. The number of Topliss-reactive ketones (excluding diaryl/α,β-unsaturated/α-hetero) is 2. The van der Waals surface area contributed by atoms with Crippen molar-refractivity contribution in [2.45, 2.75) is 213 Å². The Balaban J connectivity index is 3.77. The second-order valence-corrected chi connectivity index (χ2v) is 12.8. The molecule has 0 aromatic rings. The number of carbonyl (C=O) groups is 2. The van der Waals surface area contributed by atoms with Crippen molar-refractivity contribution in [3.05, 3.63) is 24.3 Å². The van der Waals surface area contributed by atoms with Crippen LogP contribution in [0.3, 0.4) is 0 Å². The van der Waals surface area contributed by atoms with Crippen molar-refractivity contribution in [2.75, 3.05) is 0 Å². The first kappa shape index (κ1) is 40.8. The third kappa shape index (κ3) is 24.2. The van der Waals surface area contributed by atoms with Gasteiger partial charge in [-0.05, 0) is 70.6 Å². The standard InChI is InChI=1S/C39H73NO2/c1-4-7-9-11-13-15-17-19-21-23-25-27-29-31-33-35-37(41)39(40,6-3)38(42)36-34-32-30-28-26-24-22-20-18-16-14-12-10-8-5-2/h19-22H,4-18,23-36,40H2,1-3H3/b21-19-,22-20-. The molecule has 0 radical (unpaired) electrons. The second-order valence-electron chi connectivity index (χ2n) is 12.8. The van der Waals surface area contributed by atoms with Crippen LogP contribution in [0.4, 0.5) is 0 Å². The van der Waals surface area contributed by atoms with E-state index < -0.39 is 5.54 Å². The molecule has 0 spiro atoms. The van der Waals surface area contributed by atoms with Gasteiger partial charge in [0.15, 0.2) is 11.6 Å². The first-order chi connectivity index (χ1) is 20.5. The average molecular weight is 588 g/mol. The molecule has 0 aliphatic carbocycles. The van der Waals surface area contributed by atoms with Gasteiger partial charge in [-0.1, -0.05) is 148 Å². The molecule has 2 N–H and O–H groups in total. The molecule has 0 aliphatic heterocycles. The van der Waals surface area contributed by atoms with Crippen LogP contribution in [0.2, 0.25) is 0 Å². The summed E-state index contributed by atoms with van der Waals surface area (Å²) in [6.07, 6.45) is 42.9. The monoisotopic (exact) mass is 588 g/mol. The highest BCUT2D eigenvalue weighted by molar-refractivity contribution is 6.11. The zero-order chi connectivity index (χ0) is 31.0. The fourth-order valence-corrected chi connectivity index (χ4v) is 5.71. The highest BCUT2D eigenvalue weighted by Gasteiger charge is 2.38. The van der Waals surface area contributed by atoms with Gasteiger partial charge < -0.3 is 5.73 Å². The van der Waals surface area contributed by atoms with Gasteiger partial charge in [-0.2, -0.15) is 0 Å². The van der Waals surface area contributed by atoms with Crippen LogP contribution in [-0.4, -0.2) is 17.1 Å². The lowest BCUT2D eigenvalue weighted by Crippen LogP contribution is -2.54. The van der Waals surface area contributed by atoms with Gasteiger partial charge in [-0.3, -0.25) is 9.59 Å². The molecule has 0 fully saturated rings. The number of carbonyl (C=O) groups excluding carboxylic acids is 2. The maximum Gasteiger partial charge on any atom is 0.160 e. The molecular weight excluding hydrogens is 514 g/mol. The topological polar surface area (TPSA) is 60.2 Å². The van der Waals surface area contributed by atoms with E-state index in [4.69, 9.17) is 5.73 Å². The molecule has 42 heavy (non-hydrogen) atoms. The van der Waals surface area contributed by atoms with Crippen molar-refractivity contribution in [1.82, 2.24) is 0 Å². The fraction of sp³-hybridized carbons (Fsp3) is 0.846. The smallest absolute Gasteiger partial charge is 0.160 e. The Bertz CT molecular complexity index is 613. The van der Waals surface area contributed by atoms with Crippen LogP contribution in [0, 0.1) is 0 Å². The quantitative estimate of drug-likeness (QED) is 0.0472. The first-order valence-electron chi connectivity index (χ1n) is 18.7. The summed E-state index contributed by atoms with van der Waals surface area (Å²) in [6, 6.07) is 0. The molecule has 0 heterocycles. The third-order valence-electron chi connectivity index (χ3n) is 8.88. The number of hydrogen-bond acceptors (Lipinski definition) is 3. The summed E-state index contributed by atoms with van der Waals surface area (Å²) in [5.74, 6) is -0.0826. The van der Waals surface area contributed by atoms with Crippen LogP contribution in [0.15, 0.2) is 24.3 Å². The summed E-state index contributed by atoms with van der Waals surface area (Å²) in [6.45, 7) is 6.42. The summed E-state index contributed by atoms with van der Waals surface area (Å²) >= 11 is 0. The van der Waals surface area contributed by atoms with Crippen molar-refractivity contribution in [3.63, 3.8) is 0 Å². The lowest BCUT2D eigenvalue weighted by atomic mass is 9.82. The molecule has 0 saturated heterocycles. The Morgan fingerprint density at radius 3 is 0.976 bits per heavy atom. The Kier molecular flexibility index (Phi) is 30.3. The summed E-state index contributed by atoms with van der Waals surface area (Å²) in [5, 5.41) is 0. The predicted octanol–water partition coefficient (Wildman–Crippen LogP) is 12.3. The van der Waals surface area contributed by atoms with Crippen molar-refractivity contribution in [1.29, 1.82) is 0 Å². The highest BCUT2D eigenvalue weighted by atomic mass is 16.2. The molecule has 3 heteroatoms. The van der Waals surface area contributed by atoms with Crippen LogP contribution in [0.5, 0.6) is 0 Å². The number of nitrogens with two attached hydrogens (primary N) is 1. The van der Waals surface area contributed by atoms with E-state index >= 15 is 0 Å². The minimum atomic E-state index is -1.26. The van der Waals surface area contributed by atoms with Gasteiger partial charge in [0.25, 0.3) is 0 Å². The molecule has 0 unspecified atom stereocenters. The Labute approximate surface area is 263 Å². The van der Waals surface area contributed by atoms with E-state index in [9.17, 15) is 9.59 Å². The van der Waals surface area contributed by atoms with Crippen LogP contribution >= 0.6 is 0 Å². The molecule has 0 aromatic carbocycles. The number of unbranched alkanes of at least 4 members (excludes halogenated alkanes) is 22. The molecule has 0 aromatic heterocycles. The largest absolute Gasteiger partial charge is 0.313 e. The van der Waals surface area contributed by atoms with Crippen LogP contribution < -0.4 is 5.73 Å². The van der Waals surface area contributed by atoms with Crippen molar-refractivity contribution in [3.8, 4) is 0 Å². The molecule has 0 bridgehead atoms. The minimum Gasteiger partial charge on any atom is -0.313 e. The lowest BCUT2D eigenvalue weighted by molar-refractivity contribution is -0.135. The zero-order valence-corrected chi connectivity index (χ0v) is 28.7. The van der Waals surface area contributed by atoms with E-state index in [1.165, 1.54) is 128 Å². The van der Waals surface area contributed by atoms with Gasteiger partial charge in [-0.15, -0.1) is 0 Å². The van der Waals surface area contributed by atoms with Gasteiger partial charge >= 0.3 is 0 Å². The average Bonchev–Trinajstić information content (AvgIpc) is 3.00. The highest BCUT2D eigenvalue weighted by Crippen LogP contribution is 2.19. The van der Waals surface area contributed by atoms with E-state index in [0.29, 0.717) is 19.3 Å². The van der Waals surface area contributed by atoms with Gasteiger partial charge in [0.2, 0.25) is 0 Å². The minimum absolute atomic E-state index is 0.0413. The molecule has 0 amide bonds. The van der Waals surface area contributed by atoms with E-state index in [-0.39, 0.29) is 11.6 Å². The van der Waals surface area contributed by atoms with Gasteiger partial charge in [0, 0.05) is 12.8 Å². The summed E-state index contributed by atoms with van der Waals surface area (Å²) in [7, 11) is 0. The second kappa shape index (κ2) is 31.2. The number of ketones is 2. The normalized spacial score (nSPS) is 12.2. The van der Waals surface area contributed by atoms with Gasteiger partial charge in [-0.25, -0.2) is 0 Å². The van der Waals surface area contributed by atoms with E-state index in [1.54, 1.807) is 0 Å². The number of rotatable bonds is 33. The lowest BCUT2D eigenvalue weighted by Gasteiger charge is -2.25. The molecule has 246 valence electrons. The predicted molar refractivity (Wildman–Crippen MR) is 186 cm³/mol. The first-order valence-corrected chi connectivity index (χ1v) is 18.7. The van der Waals surface area contributed by atoms with Crippen molar-refractivity contribution in [2.24, 2.45) is 5.73 Å². The molecule has 0 rings (SSSR count). The molecule has 0 saturated carbocycles. The number of allylic oxidation sites excluding steroid dienone is 4. The fourth-order valence-electron chi connectivity index (χ4n) is 5.71. The van der Waals surface area contributed by atoms with Crippen LogP contribution in [0.25, 0.3) is 0 Å². The van der Waals surface area contributed by atoms with Crippen LogP contribution in [-0.2, 0) is 9.59 Å². The zero-order valence-electron chi connectivity index (χ0n) is 28.7. The summed E-state index contributed by atoms with van der Waals surface area (Å²) < 4.78 is 0. The Morgan fingerprint density at radius 2 is 0.690 bits per heavy atom. The molecule has 0 aliphatic rings. The summed E-state index contributed by atoms with van der Waals surface area (Å²) in [5.41, 5.74) is 5.13. The third-order valence-corrected chi connectivity index (χ3v) is 8.88. The maximum absolute atomic E-state index is 12.9. The van der Waals surface area contributed by atoms with Crippen molar-refractivity contribution < 1.29 is 9.59 Å². The number of hydrogen-bond donors (Lipinski definition) is 1. The SMILES string of the molecule is CCCCCCCC/C=C\CCCCCCCC(=O)C(N)(CC)C(=O)CCCCCCC/C=C\CCCCCCCC. The maximum atomic E-state index is 12.9. The molecular formula is C39H73NO2. The van der Waals surface area contributed by atoms with E-state index in [2.05, 4.69) is 38.2 Å². The Hall–Kier alpha value is -1.22. The Morgan fingerprint density at radius 1 is 0.429 bits per heavy atom. The van der Waals surface area contributed by atoms with E-state index in [0.717, 1.165) is 38.5 Å².